The standard InChI is InChI=1S/C29H33N7O2/c1-34-26(19-35-11-3-2-4-12-35)25(18-32-34)22-5-6-23-17-31-27(16-24(23)15-22)36-13-14-38-28(20-36)33-29(37)21-7-9-30-10-8-21/h5-10,15-18,28H,2-4,11-14,19-20H2,1H3,(H,33,37). The van der Waals surface area contributed by atoms with Crippen molar-refractivity contribution in [1.82, 2.24) is 30.0 Å². The first-order chi connectivity index (χ1) is 18.6. The summed E-state index contributed by atoms with van der Waals surface area (Å²) in [6.07, 6.45) is 10.6. The molecule has 1 unspecified atom stereocenters. The predicted molar refractivity (Wildman–Crippen MR) is 147 cm³/mol. The number of morpholine rings is 1. The Morgan fingerprint density at radius 2 is 1.87 bits per heavy atom. The summed E-state index contributed by atoms with van der Waals surface area (Å²) in [5, 5.41) is 9.80. The molecule has 0 radical (unpaired) electrons. The highest BCUT2D eigenvalue weighted by molar-refractivity contribution is 5.94. The van der Waals surface area contributed by atoms with E-state index >= 15 is 0 Å². The van der Waals surface area contributed by atoms with Crippen LogP contribution in [0.5, 0.6) is 0 Å². The second kappa shape index (κ2) is 10.9. The molecule has 0 aliphatic carbocycles. The normalized spacial score (nSPS) is 18.6. The van der Waals surface area contributed by atoms with Crippen LogP contribution >= 0.6 is 0 Å². The van der Waals surface area contributed by atoms with Crippen LogP contribution in [0.4, 0.5) is 5.82 Å². The average molecular weight is 512 g/mol. The van der Waals surface area contributed by atoms with Gasteiger partial charge in [-0.05, 0) is 61.1 Å². The van der Waals surface area contributed by atoms with Crippen LogP contribution in [0.3, 0.4) is 0 Å². The van der Waals surface area contributed by atoms with Crippen LogP contribution < -0.4 is 10.2 Å². The van der Waals surface area contributed by atoms with Crippen LogP contribution in [0.2, 0.25) is 0 Å². The maximum Gasteiger partial charge on any atom is 0.253 e. The number of amides is 1. The lowest BCUT2D eigenvalue weighted by Gasteiger charge is -2.34. The van der Waals surface area contributed by atoms with Gasteiger partial charge in [0.15, 0.2) is 0 Å². The second-order valence-electron chi connectivity index (χ2n) is 10.1. The molecule has 1 aromatic carbocycles. The molecule has 9 nitrogen and oxygen atoms in total. The number of nitrogens with one attached hydrogen (secondary N) is 1. The molecule has 9 heteroatoms. The first-order valence-electron chi connectivity index (χ1n) is 13.3. The van der Waals surface area contributed by atoms with Crippen molar-refractivity contribution in [2.45, 2.75) is 32.0 Å². The van der Waals surface area contributed by atoms with Gasteiger partial charge in [-0.2, -0.15) is 5.10 Å². The smallest absolute Gasteiger partial charge is 0.253 e. The Morgan fingerprint density at radius 1 is 1.03 bits per heavy atom. The molecule has 2 fully saturated rings. The van der Waals surface area contributed by atoms with Gasteiger partial charge in [0.2, 0.25) is 0 Å². The zero-order valence-electron chi connectivity index (χ0n) is 21.7. The minimum Gasteiger partial charge on any atom is -0.355 e. The number of aryl methyl sites for hydroxylation is 1. The fraction of sp³-hybridized carbons (Fsp3) is 0.379. The van der Waals surface area contributed by atoms with E-state index < -0.39 is 6.23 Å². The van der Waals surface area contributed by atoms with E-state index in [0.29, 0.717) is 25.3 Å². The van der Waals surface area contributed by atoms with E-state index in [1.54, 1.807) is 24.5 Å². The number of hydrogen-bond donors (Lipinski definition) is 1. The van der Waals surface area contributed by atoms with Gasteiger partial charge < -0.3 is 15.0 Å². The third-order valence-electron chi connectivity index (χ3n) is 7.53. The fourth-order valence-electron chi connectivity index (χ4n) is 5.37. The molecule has 0 saturated carbocycles. The molecule has 38 heavy (non-hydrogen) atoms. The number of fused-ring (bicyclic) bond motifs is 1. The topological polar surface area (TPSA) is 88.4 Å². The van der Waals surface area contributed by atoms with Gasteiger partial charge in [0.1, 0.15) is 12.0 Å². The van der Waals surface area contributed by atoms with Gasteiger partial charge in [0, 0.05) is 55.2 Å². The van der Waals surface area contributed by atoms with Crippen LogP contribution in [0.1, 0.15) is 35.3 Å². The monoisotopic (exact) mass is 511 g/mol. The Balaban J connectivity index is 1.21. The number of piperidine rings is 1. The number of carbonyl (C=O) groups is 1. The molecule has 3 aromatic heterocycles. The molecule has 4 aromatic rings. The molecular weight excluding hydrogens is 478 g/mol. The molecule has 2 aliphatic rings. The lowest BCUT2D eigenvalue weighted by Crippen LogP contribution is -2.51. The molecule has 2 saturated heterocycles. The van der Waals surface area contributed by atoms with E-state index in [1.165, 1.54) is 36.1 Å². The predicted octanol–water partition coefficient (Wildman–Crippen LogP) is 3.61. The molecular formula is C29H33N7O2. The quantitative estimate of drug-likeness (QED) is 0.423. The number of ether oxygens (including phenoxy) is 1. The Kier molecular flexibility index (Phi) is 7.02. The van der Waals surface area contributed by atoms with Gasteiger partial charge in [-0.15, -0.1) is 0 Å². The first-order valence-corrected chi connectivity index (χ1v) is 13.3. The molecule has 6 rings (SSSR count). The van der Waals surface area contributed by atoms with Gasteiger partial charge in [-0.1, -0.05) is 18.6 Å². The number of hydrogen-bond acceptors (Lipinski definition) is 7. The molecule has 1 atom stereocenters. The summed E-state index contributed by atoms with van der Waals surface area (Å²) in [6.45, 7) is 4.98. The summed E-state index contributed by atoms with van der Waals surface area (Å²) in [4.78, 5) is 26.0. The zero-order chi connectivity index (χ0) is 25.9. The highest BCUT2D eigenvalue weighted by Gasteiger charge is 2.24. The van der Waals surface area contributed by atoms with Gasteiger partial charge >= 0.3 is 0 Å². The van der Waals surface area contributed by atoms with E-state index in [2.05, 4.69) is 49.5 Å². The van der Waals surface area contributed by atoms with Gasteiger partial charge in [0.25, 0.3) is 5.91 Å². The summed E-state index contributed by atoms with van der Waals surface area (Å²) in [7, 11) is 2.04. The van der Waals surface area contributed by atoms with E-state index in [9.17, 15) is 4.79 Å². The zero-order valence-corrected chi connectivity index (χ0v) is 21.7. The minimum atomic E-state index is -0.416. The SMILES string of the molecule is Cn1ncc(-c2ccc3cnc(N4CCOC(NC(=O)c5ccncc5)C4)cc3c2)c1CN1CCCCC1. The van der Waals surface area contributed by atoms with Crippen LogP contribution in [-0.2, 0) is 18.3 Å². The molecule has 196 valence electrons. The van der Waals surface area contributed by atoms with E-state index in [4.69, 9.17) is 9.72 Å². The lowest BCUT2D eigenvalue weighted by atomic mass is 10.0. The van der Waals surface area contributed by atoms with Crippen molar-refractivity contribution < 1.29 is 9.53 Å². The third kappa shape index (κ3) is 5.25. The molecule has 1 N–H and O–H groups in total. The Hall–Kier alpha value is -3.82. The van der Waals surface area contributed by atoms with Gasteiger partial charge in [0.05, 0.1) is 25.0 Å². The van der Waals surface area contributed by atoms with Crippen molar-refractivity contribution >= 4 is 22.5 Å². The first kappa shape index (κ1) is 24.5. The minimum absolute atomic E-state index is 0.174. The summed E-state index contributed by atoms with van der Waals surface area (Å²) in [6, 6.07) is 12.1. The molecule has 1 amide bonds. The number of likely N-dealkylation sites (tertiary alicyclic amines) is 1. The van der Waals surface area contributed by atoms with Crippen molar-refractivity contribution in [1.29, 1.82) is 0 Å². The number of carbonyl (C=O) groups excluding carboxylic acids is 1. The summed E-state index contributed by atoms with van der Waals surface area (Å²) in [5.41, 5.74) is 4.16. The highest BCUT2D eigenvalue weighted by atomic mass is 16.5. The van der Waals surface area contributed by atoms with Crippen molar-refractivity contribution in [3.63, 3.8) is 0 Å². The number of rotatable bonds is 6. The third-order valence-corrected chi connectivity index (χ3v) is 7.53. The van der Waals surface area contributed by atoms with Crippen molar-refractivity contribution in [3.8, 4) is 11.1 Å². The van der Waals surface area contributed by atoms with Gasteiger partial charge in [-0.3, -0.25) is 19.4 Å². The van der Waals surface area contributed by atoms with Crippen molar-refractivity contribution in [2.24, 2.45) is 7.05 Å². The molecule has 0 spiro atoms. The molecule has 5 heterocycles. The van der Waals surface area contributed by atoms with Crippen LogP contribution in [-0.4, -0.2) is 69.6 Å². The Labute approximate surface area is 222 Å². The number of nitrogens with zero attached hydrogens (tertiary/aromatic N) is 6. The van der Waals surface area contributed by atoms with E-state index in [-0.39, 0.29) is 5.91 Å². The number of anilines is 1. The number of benzene rings is 1. The van der Waals surface area contributed by atoms with Crippen LogP contribution in [0.25, 0.3) is 21.9 Å². The van der Waals surface area contributed by atoms with Crippen molar-refractivity contribution in [3.05, 3.63) is 72.4 Å². The summed E-state index contributed by atoms with van der Waals surface area (Å²) >= 11 is 0. The highest BCUT2D eigenvalue weighted by Crippen LogP contribution is 2.30. The summed E-state index contributed by atoms with van der Waals surface area (Å²) < 4.78 is 7.85. The van der Waals surface area contributed by atoms with E-state index in [0.717, 1.165) is 36.2 Å². The largest absolute Gasteiger partial charge is 0.355 e. The second-order valence-corrected chi connectivity index (χ2v) is 10.1. The Bertz CT molecular complexity index is 1420. The van der Waals surface area contributed by atoms with Gasteiger partial charge in [-0.25, -0.2) is 4.98 Å². The molecule has 0 bridgehead atoms. The van der Waals surface area contributed by atoms with Crippen LogP contribution in [0.15, 0.2) is 61.2 Å². The number of aromatic nitrogens is 4. The lowest BCUT2D eigenvalue weighted by molar-refractivity contribution is 0.0180. The Morgan fingerprint density at radius 3 is 2.71 bits per heavy atom. The van der Waals surface area contributed by atoms with Crippen molar-refractivity contribution in [2.75, 3.05) is 37.7 Å². The van der Waals surface area contributed by atoms with E-state index in [1.807, 2.05) is 24.1 Å². The maximum absolute atomic E-state index is 12.6. The number of pyridine rings is 2. The average Bonchev–Trinajstić information content (AvgIpc) is 3.33. The summed E-state index contributed by atoms with van der Waals surface area (Å²) in [5.74, 6) is 0.702. The maximum atomic E-state index is 12.6. The molecule has 2 aliphatic heterocycles. The fourth-order valence-corrected chi connectivity index (χ4v) is 5.37. The van der Waals surface area contributed by atoms with Crippen LogP contribution in [0, 0.1) is 0 Å².